The monoisotopic (exact) mass is 255 g/mol. The summed E-state index contributed by atoms with van der Waals surface area (Å²) in [5, 5.41) is 3.22. The van der Waals surface area contributed by atoms with Crippen LogP contribution in [0, 0.1) is 12.7 Å². The zero-order valence-corrected chi connectivity index (χ0v) is 10.6. The fourth-order valence-electron chi connectivity index (χ4n) is 2.06. The molecule has 3 nitrogen and oxygen atoms in total. The molecule has 1 aromatic carbocycles. The first-order chi connectivity index (χ1) is 9.24. The summed E-state index contributed by atoms with van der Waals surface area (Å²) in [6, 6.07) is 10.9. The molecule has 0 aliphatic carbocycles. The number of benzene rings is 1. The third-order valence-corrected chi connectivity index (χ3v) is 3.14. The second-order valence-corrected chi connectivity index (χ2v) is 4.46. The molecule has 0 saturated carbocycles. The van der Waals surface area contributed by atoms with Crippen LogP contribution < -0.4 is 5.32 Å². The van der Waals surface area contributed by atoms with Gasteiger partial charge in [0.2, 0.25) is 0 Å². The van der Waals surface area contributed by atoms with Gasteiger partial charge in [0.25, 0.3) is 0 Å². The Morgan fingerprint density at radius 1 is 1.21 bits per heavy atom. The lowest BCUT2D eigenvalue weighted by molar-refractivity contribution is 0.619. The van der Waals surface area contributed by atoms with Crippen LogP contribution in [0.3, 0.4) is 0 Å². The average molecular weight is 255 g/mol. The molecule has 0 amide bonds. The van der Waals surface area contributed by atoms with Gasteiger partial charge in [-0.2, -0.15) is 0 Å². The van der Waals surface area contributed by atoms with Gasteiger partial charge in [0.15, 0.2) is 0 Å². The standard InChI is InChI=1S/C15H14FN3/c1-11-13(16)5-4-6-14(11)17-9-12-10-19-8-3-2-7-15(19)18-12/h2-8,10,17H,9H2,1H3. The van der Waals surface area contributed by atoms with E-state index in [-0.39, 0.29) is 5.82 Å². The molecule has 0 aliphatic rings. The van der Waals surface area contributed by atoms with Crippen LogP contribution in [0.4, 0.5) is 10.1 Å². The Kier molecular flexibility index (Phi) is 2.91. The van der Waals surface area contributed by atoms with E-state index in [9.17, 15) is 4.39 Å². The normalized spacial score (nSPS) is 10.8. The number of halogens is 1. The molecule has 96 valence electrons. The van der Waals surface area contributed by atoms with Gasteiger partial charge in [0.1, 0.15) is 11.5 Å². The number of aromatic nitrogens is 2. The minimum Gasteiger partial charge on any atom is -0.379 e. The van der Waals surface area contributed by atoms with Crippen molar-refractivity contribution in [3.63, 3.8) is 0 Å². The molecule has 0 spiro atoms. The largest absolute Gasteiger partial charge is 0.379 e. The summed E-state index contributed by atoms with van der Waals surface area (Å²) in [6.45, 7) is 2.34. The lowest BCUT2D eigenvalue weighted by atomic mass is 10.2. The summed E-state index contributed by atoms with van der Waals surface area (Å²) in [4.78, 5) is 4.49. The first-order valence-corrected chi connectivity index (χ1v) is 6.15. The molecule has 3 rings (SSSR count). The number of rotatable bonds is 3. The summed E-state index contributed by atoms with van der Waals surface area (Å²) < 4.78 is 15.4. The van der Waals surface area contributed by atoms with Gasteiger partial charge in [-0.25, -0.2) is 9.37 Å². The van der Waals surface area contributed by atoms with Gasteiger partial charge in [-0.05, 0) is 31.2 Å². The SMILES string of the molecule is Cc1c(F)cccc1NCc1cn2ccccc2n1. The predicted molar refractivity (Wildman–Crippen MR) is 73.7 cm³/mol. The van der Waals surface area contributed by atoms with Gasteiger partial charge in [0.05, 0.1) is 12.2 Å². The fourth-order valence-corrected chi connectivity index (χ4v) is 2.06. The maximum absolute atomic E-state index is 13.4. The van der Waals surface area contributed by atoms with Crippen LogP contribution >= 0.6 is 0 Å². The Bertz CT molecular complexity index is 685. The minimum absolute atomic E-state index is 0.194. The molecule has 0 radical (unpaired) electrons. The molecule has 0 fully saturated rings. The maximum atomic E-state index is 13.4. The molecule has 2 aromatic heterocycles. The van der Waals surface area contributed by atoms with Gasteiger partial charge in [0, 0.05) is 23.6 Å². The van der Waals surface area contributed by atoms with Crippen molar-refractivity contribution >= 4 is 11.3 Å². The number of nitrogens with zero attached hydrogens (tertiary/aromatic N) is 2. The smallest absolute Gasteiger partial charge is 0.137 e. The van der Waals surface area contributed by atoms with Crippen molar-refractivity contribution in [1.82, 2.24) is 9.38 Å². The van der Waals surface area contributed by atoms with Gasteiger partial charge >= 0.3 is 0 Å². The molecular weight excluding hydrogens is 241 g/mol. The van der Waals surface area contributed by atoms with Crippen molar-refractivity contribution in [1.29, 1.82) is 0 Å². The molecule has 4 heteroatoms. The number of hydrogen-bond donors (Lipinski definition) is 1. The van der Waals surface area contributed by atoms with Crippen molar-refractivity contribution in [2.45, 2.75) is 13.5 Å². The Balaban J connectivity index is 1.80. The van der Waals surface area contributed by atoms with Crippen LogP contribution in [-0.2, 0) is 6.54 Å². The van der Waals surface area contributed by atoms with E-state index in [1.54, 1.807) is 13.0 Å². The number of pyridine rings is 1. The zero-order chi connectivity index (χ0) is 13.2. The third kappa shape index (κ3) is 2.29. The quantitative estimate of drug-likeness (QED) is 0.777. The van der Waals surface area contributed by atoms with E-state index in [2.05, 4.69) is 10.3 Å². The molecule has 0 aliphatic heterocycles. The van der Waals surface area contributed by atoms with Crippen molar-refractivity contribution in [2.24, 2.45) is 0 Å². The lowest BCUT2D eigenvalue weighted by Crippen LogP contribution is -2.02. The highest BCUT2D eigenvalue weighted by molar-refractivity contribution is 5.51. The molecule has 1 N–H and O–H groups in total. The topological polar surface area (TPSA) is 29.3 Å². The van der Waals surface area contributed by atoms with Crippen LogP contribution in [0.15, 0.2) is 48.8 Å². The molecule has 0 unspecified atom stereocenters. The molecule has 2 heterocycles. The van der Waals surface area contributed by atoms with E-state index >= 15 is 0 Å². The van der Waals surface area contributed by atoms with E-state index < -0.39 is 0 Å². The summed E-state index contributed by atoms with van der Waals surface area (Å²) >= 11 is 0. The predicted octanol–water partition coefficient (Wildman–Crippen LogP) is 3.39. The second kappa shape index (κ2) is 4.72. The summed E-state index contributed by atoms with van der Waals surface area (Å²) in [5.41, 5.74) is 3.27. The van der Waals surface area contributed by atoms with E-state index in [1.807, 2.05) is 41.1 Å². The Labute approximate surface area is 110 Å². The lowest BCUT2D eigenvalue weighted by Gasteiger charge is -2.08. The average Bonchev–Trinajstić information content (AvgIpc) is 2.83. The summed E-state index contributed by atoms with van der Waals surface area (Å²) in [6.07, 6.45) is 3.93. The van der Waals surface area contributed by atoms with E-state index in [0.717, 1.165) is 17.0 Å². The summed E-state index contributed by atoms with van der Waals surface area (Å²) in [7, 11) is 0. The Hall–Kier alpha value is -2.36. The summed E-state index contributed by atoms with van der Waals surface area (Å²) in [5.74, 6) is -0.194. The van der Waals surface area contributed by atoms with Gasteiger partial charge < -0.3 is 9.72 Å². The van der Waals surface area contributed by atoms with E-state index in [4.69, 9.17) is 0 Å². The molecule has 0 bridgehead atoms. The third-order valence-electron chi connectivity index (χ3n) is 3.14. The number of anilines is 1. The van der Waals surface area contributed by atoms with Crippen LogP contribution in [0.2, 0.25) is 0 Å². The van der Waals surface area contributed by atoms with Gasteiger partial charge in [-0.3, -0.25) is 0 Å². The first-order valence-electron chi connectivity index (χ1n) is 6.15. The molecule has 0 atom stereocenters. The number of imidazole rings is 1. The van der Waals surface area contributed by atoms with Crippen LogP contribution in [0.5, 0.6) is 0 Å². The highest BCUT2D eigenvalue weighted by Crippen LogP contribution is 2.18. The Morgan fingerprint density at radius 2 is 2.11 bits per heavy atom. The molecule has 0 saturated heterocycles. The van der Waals surface area contributed by atoms with Crippen molar-refractivity contribution in [3.05, 3.63) is 65.9 Å². The first kappa shape index (κ1) is 11.7. The molecule has 19 heavy (non-hydrogen) atoms. The fraction of sp³-hybridized carbons (Fsp3) is 0.133. The molecule has 3 aromatic rings. The maximum Gasteiger partial charge on any atom is 0.137 e. The van der Waals surface area contributed by atoms with Gasteiger partial charge in [-0.1, -0.05) is 12.1 Å². The molecular formula is C15H14FN3. The highest BCUT2D eigenvalue weighted by Gasteiger charge is 2.04. The Morgan fingerprint density at radius 3 is 2.95 bits per heavy atom. The van der Waals surface area contributed by atoms with Crippen LogP contribution in [0.1, 0.15) is 11.3 Å². The zero-order valence-electron chi connectivity index (χ0n) is 10.6. The van der Waals surface area contributed by atoms with Crippen LogP contribution in [0.25, 0.3) is 5.65 Å². The second-order valence-electron chi connectivity index (χ2n) is 4.46. The van der Waals surface area contributed by atoms with E-state index in [1.165, 1.54) is 6.07 Å². The number of nitrogens with one attached hydrogen (secondary N) is 1. The van der Waals surface area contributed by atoms with Crippen molar-refractivity contribution in [2.75, 3.05) is 5.32 Å². The van der Waals surface area contributed by atoms with Crippen molar-refractivity contribution < 1.29 is 4.39 Å². The van der Waals surface area contributed by atoms with Gasteiger partial charge in [-0.15, -0.1) is 0 Å². The minimum atomic E-state index is -0.194. The van der Waals surface area contributed by atoms with Crippen molar-refractivity contribution in [3.8, 4) is 0 Å². The number of hydrogen-bond acceptors (Lipinski definition) is 2. The van der Waals surface area contributed by atoms with E-state index in [0.29, 0.717) is 12.1 Å². The number of fused-ring (bicyclic) bond motifs is 1. The van der Waals surface area contributed by atoms with Crippen LogP contribution in [-0.4, -0.2) is 9.38 Å². The highest BCUT2D eigenvalue weighted by atomic mass is 19.1.